The van der Waals surface area contributed by atoms with Crippen molar-refractivity contribution < 1.29 is 9.18 Å². The summed E-state index contributed by atoms with van der Waals surface area (Å²) in [5.74, 6) is -0.990. The zero-order valence-corrected chi connectivity index (χ0v) is 10.1. The number of hydrogen-bond acceptors (Lipinski definition) is 3. The fraction of sp³-hybridized carbons (Fsp3) is 0. The molecule has 0 bridgehead atoms. The van der Waals surface area contributed by atoms with Crippen LogP contribution in [0.3, 0.4) is 0 Å². The van der Waals surface area contributed by atoms with E-state index in [0.29, 0.717) is 10.3 Å². The van der Waals surface area contributed by atoms with E-state index in [1.807, 2.05) is 0 Å². The third-order valence-electron chi connectivity index (χ3n) is 2.00. The first-order chi connectivity index (χ1) is 8.16. The van der Waals surface area contributed by atoms with Crippen molar-refractivity contribution in [2.24, 2.45) is 0 Å². The van der Waals surface area contributed by atoms with Crippen molar-refractivity contribution in [3.63, 3.8) is 0 Å². The number of nitrogens with zero attached hydrogens (tertiary/aromatic N) is 2. The highest BCUT2D eigenvalue weighted by molar-refractivity contribution is 9.10. The van der Waals surface area contributed by atoms with Crippen LogP contribution >= 0.6 is 15.9 Å². The monoisotopic (exact) mass is 295 g/mol. The van der Waals surface area contributed by atoms with Crippen molar-refractivity contribution in [3.8, 4) is 0 Å². The summed E-state index contributed by atoms with van der Waals surface area (Å²) in [7, 11) is 0. The molecule has 0 atom stereocenters. The van der Waals surface area contributed by atoms with Crippen molar-refractivity contribution in [3.05, 3.63) is 52.8 Å². The largest absolute Gasteiger partial charge is 0.320 e. The zero-order chi connectivity index (χ0) is 12.3. The Labute approximate surface area is 105 Å². The topological polar surface area (TPSA) is 54.9 Å². The van der Waals surface area contributed by atoms with Gasteiger partial charge in [-0.05, 0) is 40.2 Å². The molecule has 4 nitrogen and oxygen atoms in total. The van der Waals surface area contributed by atoms with Crippen LogP contribution in [0.4, 0.5) is 10.1 Å². The Morgan fingerprint density at radius 2 is 2.12 bits per heavy atom. The Morgan fingerprint density at radius 3 is 2.76 bits per heavy atom. The fourth-order valence-electron chi connectivity index (χ4n) is 1.18. The second-order valence-corrected chi connectivity index (χ2v) is 3.92. The van der Waals surface area contributed by atoms with Crippen molar-refractivity contribution in [2.45, 2.75) is 0 Å². The molecule has 2 rings (SSSR count). The van der Waals surface area contributed by atoms with Crippen LogP contribution in [-0.4, -0.2) is 15.9 Å². The van der Waals surface area contributed by atoms with Crippen molar-refractivity contribution >= 4 is 27.5 Å². The van der Waals surface area contributed by atoms with Gasteiger partial charge in [0.25, 0.3) is 5.91 Å². The van der Waals surface area contributed by atoms with E-state index in [4.69, 9.17) is 0 Å². The molecule has 17 heavy (non-hydrogen) atoms. The minimum Gasteiger partial charge on any atom is -0.320 e. The molecule has 0 aliphatic rings. The lowest BCUT2D eigenvalue weighted by molar-refractivity contribution is 0.102. The van der Waals surface area contributed by atoms with Gasteiger partial charge in [-0.2, -0.15) is 4.39 Å². The number of pyridine rings is 2. The van der Waals surface area contributed by atoms with Crippen LogP contribution in [0.2, 0.25) is 0 Å². The van der Waals surface area contributed by atoms with Gasteiger partial charge in [0, 0.05) is 12.4 Å². The third-order valence-corrected chi connectivity index (χ3v) is 2.63. The highest BCUT2D eigenvalue weighted by Crippen LogP contribution is 2.18. The van der Waals surface area contributed by atoms with Gasteiger partial charge >= 0.3 is 0 Å². The van der Waals surface area contributed by atoms with Gasteiger partial charge in [-0.3, -0.25) is 4.79 Å². The average molecular weight is 296 g/mol. The molecule has 0 saturated heterocycles. The third kappa shape index (κ3) is 2.85. The van der Waals surface area contributed by atoms with Crippen LogP contribution in [0, 0.1) is 5.95 Å². The molecule has 86 valence electrons. The summed E-state index contributed by atoms with van der Waals surface area (Å²) in [5.41, 5.74) is 0.823. The average Bonchev–Trinajstić information content (AvgIpc) is 2.33. The predicted octanol–water partition coefficient (Wildman–Crippen LogP) is 2.63. The second-order valence-electron chi connectivity index (χ2n) is 3.17. The zero-order valence-electron chi connectivity index (χ0n) is 8.52. The first kappa shape index (κ1) is 11.7. The number of rotatable bonds is 2. The lowest BCUT2D eigenvalue weighted by Gasteiger charge is -2.05. The molecule has 1 N–H and O–H groups in total. The van der Waals surface area contributed by atoms with Gasteiger partial charge in [0.05, 0.1) is 11.3 Å². The Balaban J connectivity index is 2.17. The van der Waals surface area contributed by atoms with E-state index >= 15 is 0 Å². The van der Waals surface area contributed by atoms with Crippen LogP contribution < -0.4 is 5.32 Å². The Bertz CT molecular complexity index is 545. The van der Waals surface area contributed by atoms with Crippen LogP contribution in [0.25, 0.3) is 0 Å². The molecule has 1 amide bonds. The van der Waals surface area contributed by atoms with Gasteiger partial charge in [0.2, 0.25) is 5.95 Å². The lowest BCUT2D eigenvalue weighted by atomic mass is 10.2. The number of aromatic nitrogens is 2. The molecule has 0 aromatic carbocycles. The van der Waals surface area contributed by atoms with Crippen molar-refractivity contribution in [1.82, 2.24) is 9.97 Å². The molecular weight excluding hydrogens is 289 g/mol. The van der Waals surface area contributed by atoms with E-state index in [2.05, 4.69) is 31.2 Å². The predicted molar refractivity (Wildman–Crippen MR) is 64.1 cm³/mol. The van der Waals surface area contributed by atoms with Gasteiger partial charge in [0.1, 0.15) is 4.60 Å². The first-order valence-electron chi connectivity index (χ1n) is 4.70. The number of halogens is 2. The number of hydrogen-bond donors (Lipinski definition) is 1. The summed E-state index contributed by atoms with van der Waals surface area (Å²) in [6, 6.07) is 5.89. The molecule has 0 radical (unpaired) electrons. The van der Waals surface area contributed by atoms with Gasteiger partial charge in [0.15, 0.2) is 0 Å². The van der Waals surface area contributed by atoms with E-state index in [-0.39, 0.29) is 11.5 Å². The minimum atomic E-state index is -0.621. The number of amides is 1. The van der Waals surface area contributed by atoms with Crippen LogP contribution in [0.15, 0.2) is 41.3 Å². The van der Waals surface area contributed by atoms with E-state index in [0.717, 1.165) is 6.07 Å². The summed E-state index contributed by atoms with van der Waals surface area (Å²) in [5, 5.41) is 2.64. The van der Waals surface area contributed by atoms with Gasteiger partial charge in [-0.1, -0.05) is 0 Å². The van der Waals surface area contributed by atoms with Crippen LogP contribution in [-0.2, 0) is 0 Å². The van der Waals surface area contributed by atoms with Gasteiger partial charge in [-0.15, -0.1) is 0 Å². The molecule has 2 aromatic rings. The maximum Gasteiger partial charge on any atom is 0.257 e. The van der Waals surface area contributed by atoms with E-state index < -0.39 is 5.95 Å². The van der Waals surface area contributed by atoms with Crippen LogP contribution in [0.5, 0.6) is 0 Å². The number of nitrogens with one attached hydrogen (secondary N) is 1. The minimum absolute atomic E-state index is 0.280. The fourth-order valence-corrected chi connectivity index (χ4v) is 1.53. The molecule has 2 heterocycles. The maximum atomic E-state index is 12.6. The standard InChI is InChI=1S/C11H7BrFN3O/c12-10-8(2-1-5-14-10)16-11(17)7-3-4-9(13)15-6-7/h1-6H,(H,16,17). The smallest absolute Gasteiger partial charge is 0.257 e. The highest BCUT2D eigenvalue weighted by atomic mass is 79.9. The van der Waals surface area contributed by atoms with Crippen molar-refractivity contribution in [1.29, 1.82) is 0 Å². The summed E-state index contributed by atoms with van der Waals surface area (Å²) in [4.78, 5) is 19.1. The summed E-state index contributed by atoms with van der Waals surface area (Å²) in [6.45, 7) is 0. The maximum absolute atomic E-state index is 12.6. The molecule has 0 saturated carbocycles. The Hall–Kier alpha value is -1.82. The summed E-state index contributed by atoms with van der Waals surface area (Å²) >= 11 is 3.21. The molecule has 2 aromatic heterocycles. The molecular formula is C11H7BrFN3O. The molecule has 0 unspecified atom stereocenters. The quantitative estimate of drug-likeness (QED) is 0.867. The second kappa shape index (κ2) is 5.01. The molecule has 0 fully saturated rings. The normalized spacial score (nSPS) is 10.0. The van der Waals surface area contributed by atoms with Gasteiger partial charge < -0.3 is 5.32 Å². The van der Waals surface area contributed by atoms with Crippen LogP contribution in [0.1, 0.15) is 10.4 Å². The number of carbonyl (C=O) groups is 1. The Morgan fingerprint density at radius 1 is 1.29 bits per heavy atom. The molecule has 0 aliphatic heterocycles. The van der Waals surface area contributed by atoms with E-state index in [9.17, 15) is 9.18 Å². The number of carbonyl (C=O) groups excluding carboxylic acids is 1. The molecule has 0 aliphatic carbocycles. The first-order valence-corrected chi connectivity index (χ1v) is 5.49. The summed E-state index contributed by atoms with van der Waals surface area (Å²) in [6.07, 6.45) is 2.77. The van der Waals surface area contributed by atoms with Crippen molar-refractivity contribution in [2.75, 3.05) is 5.32 Å². The lowest BCUT2D eigenvalue weighted by Crippen LogP contribution is -2.12. The summed E-state index contributed by atoms with van der Waals surface area (Å²) < 4.78 is 13.1. The van der Waals surface area contributed by atoms with Gasteiger partial charge in [-0.25, -0.2) is 9.97 Å². The number of anilines is 1. The molecule has 6 heteroatoms. The van der Waals surface area contributed by atoms with E-state index in [1.54, 1.807) is 18.3 Å². The Kier molecular flexibility index (Phi) is 3.43. The van der Waals surface area contributed by atoms with E-state index in [1.165, 1.54) is 12.3 Å². The molecule has 0 spiro atoms. The SMILES string of the molecule is O=C(Nc1cccnc1Br)c1ccc(F)nc1. The highest BCUT2D eigenvalue weighted by Gasteiger charge is 2.08.